The highest BCUT2D eigenvalue weighted by Crippen LogP contribution is 2.45. The highest BCUT2D eigenvalue weighted by Gasteiger charge is 2.46. The maximum Gasteiger partial charge on any atom is 0.257 e. The molecule has 0 radical (unpaired) electrons. The number of carbonyl (C=O) groups excluding carboxylic acids is 1. The second kappa shape index (κ2) is 7.12. The number of amides is 1. The largest absolute Gasteiger partial charge is 0.366 e. The van der Waals surface area contributed by atoms with Crippen molar-refractivity contribution < 1.29 is 9.32 Å². The van der Waals surface area contributed by atoms with Crippen LogP contribution in [0.5, 0.6) is 0 Å². The van der Waals surface area contributed by atoms with Gasteiger partial charge in [0.1, 0.15) is 0 Å². The maximum absolute atomic E-state index is 11.2. The minimum atomic E-state index is -0.448. The van der Waals surface area contributed by atoms with Crippen molar-refractivity contribution in [3.05, 3.63) is 71.5 Å². The Bertz CT molecular complexity index is 1010. The SMILES string of the molecule is NC(=O)c1ccc(-c2nc(C3(CN[C@H]4C[C@@H]4c4ccccc4)CCC3)no2)cc1. The predicted octanol–water partition coefficient (Wildman–Crippen LogP) is 3.40. The van der Waals surface area contributed by atoms with E-state index >= 15 is 0 Å². The van der Waals surface area contributed by atoms with Crippen molar-refractivity contribution >= 4 is 5.91 Å². The molecule has 0 spiro atoms. The Labute approximate surface area is 169 Å². The minimum Gasteiger partial charge on any atom is -0.366 e. The number of carbonyl (C=O) groups is 1. The molecule has 2 aliphatic rings. The lowest BCUT2D eigenvalue weighted by Crippen LogP contribution is -2.45. The van der Waals surface area contributed by atoms with Crippen LogP contribution in [-0.4, -0.2) is 28.6 Å². The molecule has 0 aliphatic heterocycles. The molecule has 2 atom stereocenters. The second-order valence-electron chi connectivity index (χ2n) is 8.24. The molecular weight excluding hydrogens is 364 g/mol. The van der Waals surface area contributed by atoms with E-state index in [-0.39, 0.29) is 5.41 Å². The van der Waals surface area contributed by atoms with Gasteiger partial charge in [0, 0.05) is 35.0 Å². The molecule has 0 bridgehead atoms. The zero-order chi connectivity index (χ0) is 19.8. The summed E-state index contributed by atoms with van der Waals surface area (Å²) in [7, 11) is 0. The van der Waals surface area contributed by atoms with Gasteiger partial charge in [-0.2, -0.15) is 4.98 Å². The van der Waals surface area contributed by atoms with E-state index in [1.165, 1.54) is 18.4 Å². The third-order valence-electron chi connectivity index (χ3n) is 6.35. The lowest BCUT2D eigenvalue weighted by atomic mass is 9.68. The molecule has 0 unspecified atom stereocenters. The smallest absolute Gasteiger partial charge is 0.257 e. The number of hydrogen-bond acceptors (Lipinski definition) is 5. The van der Waals surface area contributed by atoms with Crippen molar-refractivity contribution in [2.75, 3.05) is 6.54 Å². The summed E-state index contributed by atoms with van der Waals surface area (Å²) >= 11 is 0. The Morgan fingerprint density at radius 1 is 1.14 bits per heavy atom. The van der Waals surface area contributed by atoms with Crippen molar-refractivity contribution in [2.45, 2.75) is 43.1 Å². The van der Waals surface area contributed by atoms with Crippen LogP contribution in [0, 0.1) is 0 Å². The standard InChI is InChI=1S/C23H24N4O2/c24-20(28)16-7-9-17(10-8-16)21-26-22(27-29-21)23(11-4-12-23)14-25-19-13-18(19)15-5-2-1-3-6-15/h1-3,5-10,18-19,25H,4,11-14H2,(H2,24,28)/t18-,19+/m1/s1. The van der Waals surface area contributed by atoms with Gasteiger partial charge in [-0.15, -0.1) is 0 Å². The third kappa shape index (κ3) is 3.44. The van der Waals surface area contributed by atoms with Crippen LogP contribution in [0.4, 0.5) is 0 Å². The molecule has 29 heavy (non-hydrogen) atoms. The first-order valence-corrected chi connectivity index (χ1v) is 10.2. The van der Waals surface area contributed by atoms with Crippen LogP contribution in [0.3, 0.4) is 0 Å². The fraction of sp³-hybridized carbons (Fsp3) is 0.348. The quantitative estimate of drug-likeness (QED) is 0.647. The van der Waals surface area contributed by atoms with E-state index in [1.807, 2.05) is 0 Å². The minimum absolute atomic E-state index is 0.0429. The summed E-state index contributed by atoms with van der Waals surface area (Å²) in [6.07, 6.45) is 4.51. The Balaban J connectivity index is 1.26. The van der Waals surface area contributed by atoms with Crippen LogP contribution >= 0.6 is 0 Å². The van der Waals surface area contributed by atoms with Gasteiger partial charge in [0.05, 0.1) is 0 Å². The average molecular weight is 388 g/mol. The number of primary amides is 1. The Morgan fingerprint density at radius 3 is 2.55 bits per heavy atom. The number of rotatable bonds is 7. The highest BCUT2D eigenvalue weighted by molar-refractivity contribution is 5.93. The highest BCUT2D eigenvalue weighted by atomic mass is 16.5. The molecule has 1 aromatic heterocycles. The van der Waals surface area contributed by atoms with E-state index in [0.717, 1.165) is 30.8 Å². The number of nitrogens with one attached hydrogen (secondary N) is 1. The summed E-state index contributed by atoms with van der Waals surface area (Å²) in [6.45, 7) is 0.876. The van der Waals surface area contributed by atoms with Gasteiger partial charge >= 0.3 is 0 Å². The molecule has 1 heterocycles. The van der Waals surface area contributed by atoms with E-state index in [4.69, 9.17) is 15.2 Å². The second-order valence-corrected chi connectivity index (χ2v) is 8.24. The summed E-state index contributed by atoms with van der Waals surface area (Å²) in [4.78, 5) is 15.9. The molecule has 3 aromatic rings. The lowest BCUT2D eigenvalue weighted by Gasteiger charge is -2.39. The fourth-order valence-corrected chi connectivity index (χ4v) is 4.23. The normalized spacial score (nSPS) is 22.1. The Hall–Kier alpha value is -2.99. The molecule has 2 aromatic carbocycles. The molecule has 5 rings (SSSR count). The van der Waals surface area contributed by atoms with Crippen LogP contribution in [0.2, 0.25) is 0 Å². The van der Waals surface area contributed by atoms with Crippen molar-refractivity contribution in [2.24, 2.45) is 5.73 Å². The Kier molecular flexibility index (Phi) is 4.43. The molecule has 2 fully saturated rings. The molecule has 2 saturated carbocycles. The third-order valence-corrected chi connectivity index (χ3v) is 6.35. The van der Waals surface area contributed by atoms with Gasteiger partial charge < -0.3 is 15.6 Å². The monoisotopic (exact) mass is 388 g/mol. The first-order valence-electron chi connectivity index (χ1n) is 10.2. The van der Waals surface area contributed by atoms with E-state index in [9.17, 15) is 4.79 Å². The summed E-state index contributed by atoms with van der Waals surface area (Å²) in [5, 5.41) is 8.04. The van der Waals surface area contributed by atoms with E-state index in [2.05, 4.69) is 40.8 Å². The average Bonchev–Trinajstić information content (AvgIpc) is 3.33. The summed E-state index contributed by atoms with van der Waals surface area (Å²) < 4.78 is 5.54. The Morgan fingerprint density at radius 2 is 1.90 bits per heavy atom. The van der Waals surface area contributed by atoms with Gasteiger partial charge in [-0.25, -0.2) is 0 Å². The molecule has 0 saturated heterocycles. The summed E-state index contributed by atoms with van der Waals surface area (Å²) in [5.41, 5.74) is 7.93. The van der Waals surface area contributed by atoms with Crippen LogP contribution in [0.1, 0.15) is 53.3 Å². The van der Waals surface area contributed by atoms with Gasteiger partial charge in [-0.3, -0.25) is 4.79 Å². The van der Waals surface area contributed by atoms with Crippen LogP contribution in [-0.2, 0) is 5.41 Å². The zero-order valence-corrected chi connectivity index (χ0v) is 16.2. The fourth-order valence-electron chi connectivity index (χ4n) is 4.23. The predicted molar refractivity (Wildman–Crippen MR) is 109 cm³/mol. The topological polar surface area (TPSA) is 94.0 Å². The number of benzene rings is 2. The zero-order valence-electron chi connectivity index (χ0n) is 16.2. The molecule has 6 nitrogen and oxygen atoms in total. The molecule has 2 aliphatic carbocycles. The van der Waals surface area contributed by atoms with Crippen LogP contribution < -0.4 is 11.1 Å². The van der Waals surface area contributed by atoms with Gasteiger partial charge in [0.25, 0.3) is 5.89 Å². The molecule has 6 heteroatoms. The molecule has 1 amide bonds. The van der Waals surface area contributed by atoms with Crippen molar-refractivity contribution in [1.82, 2.24) is 15.5 Å². The van der Waals surface area contributed by atoms with Crippen molar-refractivity contribution in [3.8, 4) is 11.5 Å². The maximum atomic E-state index is 11.2. The van der Waals surface area contributed by atoms with Crippen LogP contribution in [0.15, 0.2) is 59.1 Å². The number of nitrogens with zero attached hydrogens (tertiary/aromatic N) is 2. The van der Waals surface area contributed by atoms with Crippen molar-refractivity contribution in [3.63, 3.8) is 0 Å². The molecular formula is C23H24N4O2. The van der Waals surface area contributed by atoms with Gasteiger partial charge in [0.15, 0.2) is 5.82 Å². The van der Waals surface area contributed by atoms with E-state index in [1.54, 1.807) is 24.3 Å². The van der Waals surface area contributed by atoms with Gasteiger partial charge in [0.2, 0.25) is 5.91 Å². The number of nitrogens with two attached hydrogens (primary N) is 1. The van der Waals surface area contributed by atoms with Gasteiger partial charge in [-0.1, -0.05) is 41.9 Å². The lowest BCUT2D eigenvalue weighted by molar-refractivity contribution is 0.100. The summed E-state index contributed by atoms with van der Waals surface area (Å²) in [5.74, 6) is 1.42. The first kappa shape index (κ1) is 18.1. The molecule has 3 N–H and O–H groups in total. The van der Waals surface area contributed by atoms with E-state index < -0.39 is 5.91 Å². The van der Waals surface area contributed by atoms with Crippen molar-refractivity contribution in [1.29, 1.82) is 0 Å². The number of aromatic nitrogens is 2. The molecule has 148 valence electrons. The van der Waals surface area contributed by atoms with E-state index in [0.29, 0.717) is 23.4 Å². The van der Waals surface area contributed by atoms with Crippen LogP contribution in [0.25, 0.3) is 11.5 Å². The number of hydrogen-bond donors (Lipinski definition) is 2. The summed E-state index contributed by atoms with van der Waals surface area (Å²) in [6, 6.07) is 18.2. The first-order chi connectivity index (χ1) is 14.1. The van der Waals surface area contributed by atoms with Gasteiger partial charge in [-0.05, 0) is 49.1 Å².